The fourth-order valence-electron chi connectivity index (χ4n) is 1.81. The minimum absolute atomic E-state index is 0.319. The maximum atomic E-state index is 6.47. The van der Waals surface area contributed by atoms with Crippen LogP contribution in [0.2, 0.25) is 0 Å². The molecule has 2 rings (SSSR count). The Kier molecular flexibility index (Phi) is 4.58. The Morgan fingerprint density at radius 1 is 0.900 bits per heavy atom. The molecule has 0 saturated heterocycles. The summed E-state index contributed by atoms with van der Waals surface area (Å²) in [6, 6.07) is 21.0. The Hall–Kier alpha value is -1.64. The fourth-order valence-corrected chi connectivity index (χ4v) is 4.05. The van der Waals surface area contributed by atoms with Crippen molar-refractivity contribution >= 4 is 19.4 Å². The van der Waals surface area contributed by atoms with Crippen molar-refractivity contribution in [3.8, 4) is 0 Å². The molecule has 2 heteroatoms. The van der Waals surface area contributed by atoms with Crippen molar-refractivity contribution in [2.75, 3.05) is 0 Å². The van der Waals surface area contributed by atoms with E-state index < -0.39 is 9.04 Å². The van der Waals surface area contributed by atoms with Gasteiger partial charge in [-0.2, -0.15) is 0 Å². The molecule has 0 fully saturated rings. The quantitative estimate of drug-likeness (QED) is 0.604. The van der Waals surface area contributed by atoms with Crippen LogP contribution in [0, 0.1) is 0 Å². The van der Waals surface area contributed by atoms with Crippen LogP contribution in [-0.2, 0) is 4.43 Å². The molecule has 0 atom stereocenters. The zero-order valence-electron chi connectivity index (χ0n) is 12.4. The first kappa shape index (κ1) is 14.8. The second kappa shape index (κ2) is 6.20. The van der Waals surface area contributed by atoms with Gasteiger partial charge in [-0.25, -0.2) is 0 Å². The molecule has 0 aliphatic rings. The van der Waals surface area contributed by atoms with Crippen LogP contribution in [-0.4, -0.2) is 14.6 Å². The van der Waals surface area contributed by atoms with Gasteiger partial charge in [0.1, 0.15) is 0 Å². The van der Waals surface area contributed by atoms with Crippen LogP contribution in [0.5, 0.6) is 0 Å². The van der Waals surface area contributed by atoms with Gasteiger partial charge in [-0.15, -0.1) is 0 Å². The van der Waals surface area contributed by atoms with Gasteiger partial charge in [0, 0.05) is 0 Å². The first-order valence-electron chi connectivity index (χ1n) is 6.83. The third kappa shape index (κ3) is 3.47. The topological polar surface area (TPSA) is 9.23 Å². The van der Waals surface area contributed by atoms with Crippen molar-refractivity contribution in [1.82, 2.24) is 0 Å². The summed E-state index contributed by atoms with van der Waals surface area (Å²) in [5, 5.41) is 2.52. The summed E-state index contributed by atoms with van der Waals surface area (Å²) in [5.74, 6) is 0. The molecule has 0 aliphatic heterocycles. The van der Waals surface area contributed by atoms with Gasteiger partial charge in [-0.3, -0.25) is 0 Å². The van der Waals surface area contributed by atoms with Gasteiger partial charge in [0.05, 0.1) is 5.60 Å². The van der Waals surface area contributed by atoms with E-state index in [2.05, 4.69) is 69.0 Å². The van der Waals surface area contributed by atoms with Gasteiger partial charge >= 0.3 is 0 Å². The molecule has 1 radical (unpaired) electrons. The monoisotopic (exact) mass is 281 g/mol. The second-order valence-corrected chi connectivity index (χ2v) is 7.47. The molecule has 0 bridgehead atoms. The molecule has 0 aliphatic carbocycles. The van der Waals surface area contributed by atoms with E-state index in [1.54, 1.807) is 0 Å². The minimum atomic E-state index is -1.26. The van der Waals surface area contributed by atoms with E-state index >= 15 is 0 Å². The van der Waals surface area contributed by atoms with Crippen molar-refractivity contribution in [3.05, 3.63) is 72.8 Å². The molecule has 0 aromatic heterocycles. The van der Waals surface area contributed by atoms with E-state index in [9.17, 15) is 0 Å². The number of benzene rings is 2. The Labute approximate surface area is 123 Å². The smallest absolute Gasteiger partial charge is 0.283 e. The highest BCUT2D eigenvalue weighted by atomic mass is 28.3. The predicted octanol–water partition coefficient (Wildman–Crippen LogP) is 3.16. The Bertz CT molecular complexity index is 521. The van der Waals surface area contributed by atoms with E-state index in [1.165, 1.54) is 10.4 Å². The summed E-state index contributed by atoms with van der Waals surface area (Å²) in [6.45, 7) is 10.3. The van der Waals surface area contributed by atoms with E-state index in [-0.39, 0.29) is 5.60 Å². The van der Waals surface area contributed by atoms with E-state index in [1.807, 2.05) is 19.1 Å². The summed E-state index contributed by atoms with van der Waals surface area (Å²) >= 11 is 0. The second-order valence-electron chi connectivity index (χ2n) is 5.45. The molecular formula is C18H21OSi. The van der Waals surface area contributed by atoms with Gasteiger partial charge < -0.3 is 4.43 Å². The maximum absolute atomic E-state index is 6.47. The molecule has 0 spiro atoms. The van der Waals surface area contributed by atoms with Crippen LogP contribution < -0.4 is 10.4 Å². The lowest BCUT2D eigenvalue weighted by Crippen LogP contribution is -2.50. The molecule has 2 aromatic carbocycles. The highest BCUT2D eigenvalue weighted by Gasteiger charge is 2.28. The largest absolute Gasteiger partial charge is 0.398 e. The molecule has 0 amide bonds. The number of hydrogen-bond acceptors (Lipinski definition) is 1. The van der Waals surface area contributed by atoms with Crippen LogP contribution in [0.15, 0.2) is 72.8 Å². The SMILES string of the molecule is C=C(C)C(C)(C)O[Si](c1ccccc1)c1ccccc1. The van der Waals surface area contributed by atoms with Gasteiger partial charge in [0.15, 0.2) is 0 Å². The van der Waals surface area contributed by atoms with Gasteiger partial charge in [-0.05, 0) is 31.1 Å². The summed E-state index contributed by atoms with van der Waals surface area (Å²) in [5.41, 5.74) is 0.729. The lowest BCUT2D eigenvalue weighted by Gasteiger charge is -2.31. The Morgan fingerprint density at radius 3 is 1.65 bits per heavy atom. The highest BCUT2D eigenvalue weighted by molar-refractivity contribution is 6.80. The van der Waals surface area contributed by atoms with Crippen molar-refractivity contribution in [2.45, 2.75) is 26.4 Å². The average molecular weight is 281 g/mol. The molecule has 103 valence electrons. The van der Waals surface area contributed by atoms with Crippen LogP contribution in [0.3, 0.4) is 0 Å². The zero-order chi connectivity index (χ0) is 14.6. The van der Waals surface area contributed by atoms with Gasteiger partial charge in [-0.1, -0.05) is 72.8 Å². The number of rotatable bonds is 5. The van der Waals surface area contributed by atoms with Crippen molar-refractivity contribution in [3.63, 3.8) is 0 Å². The van der Waals surface area contributed by atoms with Crippen molar-refractivity contribution in [1.29, 1.82) is 0 Å². The molecular weight excluding hydrogens is 260 g/mol. The first-order chi connectivity index (χ1) is 9.50. The first-order valence-corrected chi connectivity index (χ1v) is 8.24. The number of hydrogen-bond donors (Lipinski definition) is 0. The molecule has 0 N–H and O–H groups in total. The molecule has 0 unspecified atom stereocenters. The molecule has 1 nitrogen and oxygen atoms in total. The third-order valence-electron chi connectivity index (χ3n) is 3.46. The van der Waals surface area contributed by atoms with Gasteiger partial charge in [0.2, 0.25) is 0 Å². The van der Waals surface area contributed by atoms with Crippen molar-refractivity contribution < 1.29 is 4.43 Å². The van der Waals surface area contributed by atoms with Crippen LogP contribution in [0.1, 0.15) is 20.8 Å². The van der Waals surface area contributed by atoms with Crippen molar-refractivity contribution in [2.24, 2.45) is 0 Å². The Morgan fingerprint density at radius 2 is 1.30 bits per heavy atom. The summed E-state index contributed by atoms with van der Waals surface area (Å²) in [4.78, 5) is 0. The Balaban J connectivity index is 2.38. The average Bonchev–Trinajstić information content (AvgIpc) is 2.46. The van der Waals surface area contributed by atoms with E-state index in [4.69, 9.17) is 4.43 Å². The maximum Gasteiger partial charge on any atom is 0.283 e. The van der Waals surface area contributed by atoms with Crippen LogP contribution >= 0.6 is 0 Å². The molecule has 0 heterocycles. The van der Waals surface area contributed by atoms with Crippen LogP contribution in [0.4, 0.5) is 0 Å². The standard InChI is InChI=1S/C18H21OSi/c1-15(2)18(3,4)19-20(16-11-7-5-8-12-16)17-13-9-6-10-14-17/h5-14H,1H2,2-4H3. The van der Waals surface area contributed by atoms with Crippen LogP contribution in [0.25, 0.3) is 0 Å². The minimum Gasteiger partial charge on any atom is -0.398 e. The highest BCUT2D eigenvalue weighted by Crippen LogP contribution is 2.19. The summed E-state index contributed by atoms with van der Waals surface area (Å²) in [7, 11) is -1.26. The van der Waals surface area contributed by atoms with E-state index in [0.717, 1.165) is 5.57 Å². The van der Waals surface area contributed by atoms with Gasteiger partial charge in [0.25, 0.3) is 9.04 Å². The lowest BCUT2D eigenvalue weighted by molar-refractivity contribution is 0.155. The lowest BCUT2D eigenvalue weighted by atomic mass is 10.0. The zero-order valence-corrected chi connectivity index (χ0v) is 13.4. The molecule has 2 aromatic rings. The predicted molar refractivity (Wildman–Crippen MR) is 87.9 cm³/mol. The normalized spacial score (nSPS) is 11.6. The van der Waals surface area contributed by atoms with E-state index in [0.29, 0.717) is 0 Å². The molecule has 20 heavy (non-hydrogen) atoms. The summed E-state index contributed by atoms with van der Waals surface area (Å²) in [6.07, 6.45) is 0. The summed E-state index contributed by atoms with van der Waals surface area (Å²) < 4.78 is 6.47. The fraction of sp³-hybridized carbons (Fsp3) is 0.222. The third-order valence-corrected chi connectivity index (χ3v) is 5.89. The molecule has 0 saturated carbocycles.